The minimum Gasteiger partial charge on any atom is -0.497 e. The first-order valence-corrected chi connectivity index (χ1v) is 8.25. The van der Waals surface area contributed by atoms with Crippen molar-refractivity contribution < 1.29 is 14.3 Å². The molecule has 1 aromatic carbocycles. The van der Waals surface area contributed by atoms with Crippen molar-refractivity contribution in [3.05, 3.63) is 40.6 Å². The SMILES string of the molecule is COc1ccc(-c2csc(CNC(=O)CC(CN)OC)c2)cc1. The quantitative estimate of drug-likeness (QED) is 0.777. The van der Waals surface area contributed by atoms with Crippen molar-refractivity contribution in [3.8, 4) is 16.9 Å². The normalized spacial score (nSPS) is 12.0. The second-order valence-electron chi connectivity index (χ2n) is 5.10. The Morgan fingerprint density at radius 2 is 2.00 bits per heavy atom. The van der Waals surface area contributed by atoms with Gasteiger partial charge in [0, 0.05) is 18.5 Å². The predicted octanol–water partition coefficient (Wildman–Crippen LogP) is 2.40. The first kappa shape index (κ1) is 17.5. The van der Waals surface area contributed by atoms with Gasteiger partial charge in [-0.15, -0.1) is 11.3 Å². The summed E-state index contributed by atoms with van der Waals surface area (Å²) in [6, 6.07) is 10.0. The number of nitrogens with two attached hydrogens (primary N) is 1. The minimum absolute atomic E-state index is 0.0540. The second kappa shape index (κ2) is 8.67. The number of thiophene rings is 1. The van der Waals surface area contributed by atoms with Crippen molar-refractivity contribution in [1.82, 2.24) is 5.32 Å². The summed E-state index contributed by atoms with van der Waals surface area (Å²) in [5.41, 5.74) is 7.78. The van der Waals surface area contributed by atoms with Gasteiger partial charge >= 0.3 is 0 Å². The van der Waals surface area contributed by atoms with Gasteiger partial charge in [0.1, 0.15) is 5.75 Å². The Bertz CT molecular complexity index is 621. The molecule has 0 saturated heterocycles. The Labute approximate surface area is 140 Å². The maximum atomic E-state index is 11.8. The highest BCUT2D eigenvalue weighted by Crippen LogP contribution is 2.27. The summed E-state index contributed by atoms with van der Waals surface area (Å²) >= 11 is 1.62. The molecule has 0 fully saturated rings. The van der Waals surface area contributed by atoms with E-state index in [1.165, 1.54) is 0 Å². The highest BCUT2D eigenvalue weighted by Gasteiger charge is 2.11. The first-order valence-electron chi connectivity index (χ1n) is 7.37. The van der Waals surface area contributed by atoms with E-state index in [1.807, 2.05) is 24.3 Å². The van der Waals surface area contributed by atoms with Gasteiger partial charge in [-0.2, -0.15) is 0 Å². The fraction of sp³-hybridized carbons (Fsp3) is 0.353. The van der Waals surface area contributed by atoms with E-state index < -0.39 is 0 Å². The Morgan fingerprint density at radius 1 is 1.26 bits per heavy atom. The number of hydrogen-bond donors (Lipinski definition) is 2. The van der Waals surface area contributed by atoms with E-state index in [1.54, 1.807) is 25.6 Å². The van der Waals surface area contributed by atoms with E-state index >= 15 is 0 Å². The average molecular weight is 334 g/mol. The van der Waals surface area contributed by atoms with E-state index in [2.05, 4.69) is 16.8 Å². The Balaban J connectivity index is 1.90. The molecule has 0 aliphatic carbocycles. The van der Waals surface area contributed by atoms with Crippen molar-refractivity contribution in [3.63, 3.8) is 0 Å². The van der Waals surface area contributed by atoms with Gasteiger partial charge in [-0.05, 0) is 34.7 Å². The molecule has 2 aromatic rings. The molecule has 1 unspecified atom stereocenters. The summed E-state index contributed by atoms with van der Waals surface area (Å²) in [6.45, 7) is 0.852. The van der Waals surface area contributed by atoms with Gasteiger partial charge in [0.05, 0.1) is 26.2 Å². The third-order valence-corrected chi connectivity index (χ3v) is 4.48. The van der Waals surface area contributed by atoms with Gasteiger partial charge in [0.2, 0.25) is 5.91 Å². The molecule has 0 spiro atoms. The number of nitrogens with one attached hydrogen (secondary N) is 1. The smallest absolute Gasteiger partial charge is 0.222 e. The zero-order valence-electron chi connectivity index (χ0n) is 13.4. The molecular formula is C17H22N2O3S. The van der Waals surface area contributed by atoms with Crippen LogP contribution in [0.2, 0.25) is 0 Å². The van der Waals surface area contributed by atoms with Crippen LogP contribution in [0.25, 0.3) is 11.1 Å². The molecule has 3 N–H and O–H groups in total. The lowest BCUT2D eigenvalue weighted by atomic mass is 10.1. The van der Waals surface area contributed by atoms with E-state index in [0.717, 1.165) is 21.8 Å². The second-order valence-corrected chi connectivity index (χ2v) is 6.10. The number of methoxy groups -OCH3 is 2. The number of hydrogen-bond acceptors (Lipinski definition) is 5. The Morgan fingerprint density at radius 3 is 2.61 bits per heavy atom. The molecular weight excluding hydrogens is 312 g/mol. The van der Waals surface area contributed by atoms with Gasteiger partial charge < -0.3 is 20.5 Å². The van der Waals surface area contributed by atoms with Gasteiger partial charge in [-0.1, -0.05) is 12.1 Å². The zero-order valence-corrected chi connectivity index (χ0v) is 14.2. The number of ether oxygens (including phenoxy) is 2. The molecule has 0 saturated carbocycles. The lowest BCUT2D eigenvalue weighted by molar-refractivity contribution is -0.123. The van der Waals surface area contributed by atoms with Crippen LogP contribution in [0, 0.1) is 0 Å². The largest absolute Gasteiger partial charge is 0.497 e. The molecule has 124 valence electrons. The molecule has 1 aromatic heterocycles. The van der Waals surface area contributed by atoms with Crippen molar-refractivity contribution in [2.75, 3.05) is 20.8 Å². The number of benzene rings is 1. The fourth-order valence-corrected chi connectivity index (χ4v) is 2.97. The minimum atomic E-state index is -0.229. The van der Waals surface area contributed by atoms with Crippen LogP contribution >= 0.6 is 11.3 Å². The van der Waals surface area contributed by atoms with E-state index in [9.17, 15) is 4.79 Å². The van der Waals surface area contributed by atoms with Crippen LogP contribution in [0.1, 0.15) is 11.3 Å². The highest BCUT2D eigenvalue weighted by atomic mass is 32.1. The maximum absolute atomic E-state index is 11.8. The molecule has 1 heterocycles. The van der Waals surface area contributed by atoms with Crippen LogP contribution in [0.15, 0.2) is 35.7 Å². The molecule has 1 amide bonds. The van der Waals surface area contributed by atoms with Crippen molar-refractivity contribution >= 4 is 17.2 Å². The highest BCUT2D eigenvalue weighted by molar-refractivity contribution is 7.10. The monoisotopic (exact) mass is 334 g/mol. The van der Waals surface area contributed by atoms with Crippen molar-refractivity contribution in [1.29, 1.82) is 0 Å². The molecule has 0 bridgehead atoms. The third kappa shape index (κ3) is 5.06. The summed E-state index contributed by atoms with van der Waals surface area (Å²) in [7, 11) is 3.21. The fourth-order valence-electron chi connectivity index (χ4n) is 2.14. The van der Waals surface area contributed by atoms with Crippen LogP contribution in [0.3, 0.4) is 0 Å². The summed E-state index contributed by atoms with van der Waals surface area (Å²) in [5.74, 6) is 0.783. The van der Waals surface area contributed by atoms with Crippen LogP contribution in [0.4, 0.5) is 0 Å². The average Bonchev–Trinajstić information content (AvgIpc) is 3.07. The van der Waals surface area contributed by atoms with Crippen molar-refractivity contribution in [2.45, 2.75) is 19.1 Å². The summed E-state index contributed by atoms with van der Waals surface area (Å²) in [5, 5.41) is 4.98. The predicted molar refractivity (Wildman–Crippen MR) is 92.6 cm³/mol. The Kier molecular flexibility index (Phi) is 6.58. The van der Waals surface area contributed by atoms with Crippen LogP contribution in [-0.4, -0.2) is 32.8 Å². The molecule has 2 rings (SSSR count). The first-order chi connectivity index (χ1) is 11.2. The molecule has 6 heteroatoms. The third-order valence-electron chi connectivity index (χ3n) is 3.55. The van der Waals surface area contributed by atoms with Gasteiger partial charge in [0.15, 0.2) is 0 Å². The van der Waals surface area contributed by atoms with Crippen molar-refractivity contribution in [2.24, 2.45) is 5.73 Å². The molecule has 5 nitrogen and oxygen atoms in total. The number of rotatable bonds is 8. The number of carbonyl (C=O) groups excluding carboxylic acids is 1. The van der Waals surface area contributed by atoms with E-state index in [0.29, 0.717) is 13.1 Å². The topological polar surface area (TPSA) is 73.6 Å². The molecule has 0 aliphatic heterocycles. The lowest BCUT2D eigenvalue weighted by Crippen LogP contribution is -2.31. The van der Waals surface area contributed by atoms with Gasteiger partial charge in [-0.25, -0.2) is 0 Å². The van der Waals surface area contributed by atoms with E-state index in [4.69, 9.17) is 15.2 Å². The molecule has 0 aliphatic rings. The van der Waals surface area contributed by atoms with E-state index in [-0.39, 0.29) is 18.4 Å². The number of amides is 1. The summed E-state index contributed by atoms with van der Waals surface area (Å²) < 4.78 is 10.3. The number of carbonyl (C=O) groups is 1. The molecule has 0 radical (unpaired) electrons. The standard InChI is InChI=1S/C17H22N2O3S/c1-21-14-5-3-12(4-6-14)13-7-16(23-11-13)10-19-17(20)8-15(9-18)22-2/h3-7,11,15H,8-10,18H2,1-2H3,(H,19,20). The summed E-state index contributed by atoms with van der Waals surface area (Å²) in [6.07, 6.45) is 0.0529. The maximum Gasteiger partial charge on any atom is 0.222 e. The molecule has 23 heavy (non-hydrogen) atoms. The zero-order chi connectivity index (χ0) is 16.7. The lowest BCUT2D eigenvalue weighted by Gasteiger charge is -2.12. The van der Waals surface area contributed by atoms with Crippen LogP contribution in [-0.2, 0) is 16.1 Å². The van der Waals surface area contributed by atoms with Gasteiger partial charge in [-0.3, -0.25) is 4.79 Å². The van der Waals surface area contributed by atoms with Crippen LogP contribution in [0.5, 0.6) is 5.75 Å². The Hall–Kier alpha value is -1.89. The summed E-state index contributed by atoms with van der Waals surface area (Å²) in [4.78, 5) is 12.9. The van der Waals surface area contributed by atoms with Crippen LogP contribution < -0.4 is 15.8 Å². The molecule has 1 atom stereocenters. The van der Waals surface area contributed by atoms with Gasteiger partial charge in [0.25, 0.3) is 0 Å².